The topological polar surface area (TPSA) is 81.3 Å². The molecule has 1 heterocycles. The molecule has 0 spiro atoms. The molecule has 6 nitrogen and oxygen atoms in total. The molecule has 2 aromatic carbocycles. The summed E-state index contributed by atoms with van der Waals surface area (Å²) in [5, 5.41) is 8.89. The van der Waals surface area contributed by atoms with Gasteiger partial charge in [-0.3, -0.25) is 4.99 Å². The highest BCUT2D eigenvalue weighted by molar-refractivity contribution is 9.10. The largest absolute Gasteiger partial charge is 0.493 e. The van der Waals surface area contributed by atoms with E-state index in [0.29, 0.717) is 17.3 Å². The Kier molecular flexibility index (Phi) is 6.16. The van der Waals surface area contributed by atoms with Crippen LogP contribution in [0.2, 0.25) is 0 Å². The van der Waals surface area contributed by atoms with Gasteiger partial charge in [-0.05, 0) is 66.6 Å². The van der Waals surface area contributed by atoms with Crippen molar-refractivity contribution in [2.24, 2.45) is 4.99 Å². The summed E-state index contributed by atoms with van der Waals surface area (Å²) >= 11 is 3.44. The molecule has 144 valence electrons. The van der Waals surface area contributed by atoms with Crippen LogP contribution in [0.5, 0.6) is 11.5 Å². The molecule has 0 saturated carbocycles. The van der Waals surface area contributed by atoms with Gasteiger partial charge in [0.05, 0.1) is 12.8 Å². The number of carbonyl (C=O) groups is 1. The predicted molar refractivity (Wildman–Crippen MR) is 109 cm³/mol. The van der Waals surface area contributed by atoms with Crippen molar-refractivity contribution < 1.29 is 23.8 Å². The first-order valence-electron chi connectivity index (χ1n) is 8.39. The van der Waals surface area contributed by atoms with Crippen LogP contribution in [0.3, 0.4) is 0 Å². The van der Waals surface area contributed by atoms with E-state index in [1.165, 1.54) is 6.07 Å². The number of carboxylic acids is 1. The van der Waals surface area contributed by atoms with Crippen LogP contribution in [0.25, 0.3) is 0 Å². The molecule has 0 aliphatic heterocycles. The summed E-state index contributed by atoms with van der Waals surface area (Å²) in [6, 6.07) is 14.3. The summed E-state index contributed by atoms with van der Waals surface area (Å²) in [6.07, 6.45) is 1.76. The van der Waals surface area contributed by atoms with E-state index in [4.69, 9.17) is 19.0 Å². The molecule has 1 N–H and O–H groups in total. The third-order valence-electron chi connectivity index (χ3n) is 3.94. The number of halogens is 1. The highest BCUT2D eigenvalue weighted by Gasteiger charge is 2.11. The van der Waals surface area contributed by atoms with Gasteiger partial charge in [-0.2, -0.15) is 0 Å². The number of hydrogen-bond acceptors (Lipinski definition) is 5. The predicted octanol–water partition coefficient (Wildman–Crippen LogP) is 5.39. The Morgan fingerprint density at radius 2 is 2.00 bits per heavy atom. The van der Waals surface area contributed by atoms with Crippen LogP contribution in [0.15, 0.2) is 62.4 Å². The molecule has 7 heteroatoms. The molecule has 3 rings (SSSR count). The maximum Gasteiger partial charge on any atom is 0.371 e. The highest BCUT2D eigenvalue weighted by atomic mass is 79.9. The number of rotatable bonds is 7. The number of nitrogens with zero attached hydrogens (tertiary/aromatic N) is 1. The van der Waals surface area contributed by atoms with E-state index in [1.807, 2.05) is 37.3 Å². The van der Waals surface area contributed by atoms with Crippen LogP contribution in [0.1, 0.15) is 27.4 Å². The Morgan fingerprint density at radius 1 is 1.18 bits per heavy atom. The molecule has 3 aromatic rings. The van der Waals surface area contributed by atoms with Crippen molar-refractivity contribution in [3.8, 4) is 11.5 Å². The van der Waals surface area contributed by atoms with Crippen LogP contribution in [0.4, 0.5) is 5.69 Å². The number of aliphatic imine (C=N–C) groups is 1. The molecule has 0 radical (unpaired) electrons. The SMILES string of the molecule is COc1cc(C=Nc2ccc(Br)cc2C)ccc1OCc1ccc(C(=O)O)o1. The van der Waals surface area contributed by atoms with Crippen molar-refractivity contribution in [2.75, 3.05) is 7.11 Å². The van der Waals surface area contributed by atoms with Gasteiger partial charge in [0.1, 0.15) is 12.4 Å². The summed E-state index contributed by atoms with van der Waals surface area (Å²) in [7, 11) is 1.55. The summed E-state index contributed by atoms with van der Waals surface area (Å²) < 4.78 is 17.3. The second-order valence-corrected chi connectivity index (χ2v) is 6.87. The molecule has 0 atom stereocenters. The number of hydrogen-bond donors (Lipinski definition) is 1. The minimum Gasteiger partial charge on any atom is -0.493 e. The van der Waals surface area contributed by atoms with Crippen LogP contribution in [-0.2, 0) is 6.61 Å². The van der Waals surface area contributed by atoms with Crippen LogP contribution in [-0.4, -0.2) is 24.4 Å². The van der Waals surface area contributed by atoms with Crippen molar-refractivity contribution >= 4 is 33.8 Å². The average Bonchev–Trinajstić information content (AvgIpc) is 3.15. The Hall–Kier alpha value is -3.06. The highest BCUT2D eigenvalue weighted by Crippen LogP contribution is 2.29. The number of aromatic carboxylic acids is 1. The van der Waals surface area contributed by atoms with Gasteiger partial charge in [-0.25, -0.2) is 4.79 Å². The van der Waals surface area contributed by atoms with Gasteiger partial charge >= 0.3 is 5.97 Å². The lowest BCUT2D eigenvalue weighted by atomic mass is 10.2. The van der Waals surface area contributed by atoms with Crippen LogP contribution in [0, 0.1) is 6.92 Å². The fourth-order valence-electron chi connectivity index (χ4n) is 2.51. The average molecular weight is 444 g/mol. The first kappa shape index (κ1) is 19.7. The van der Waals surface area contributed by atoms with E-state index in [-0.39, 0.29) is 12.4 Å². The normalized spacial score (nSPS) is 11.0. The molecule has 28 heavy (non-hydrogen) atoms. The zero-order valence-corrected chi connectivity index (χ0v) is 16.9. The van der Waals surface area contributed by atoms with E-state index in [0.717, 1.165) is 21.3 Å². The monoisotopic (exact) mass is 443 g/mol. The maximum absolute atomic E-state index is 10.9. The Balaban J connectivity index is 1.72. The van der Waals surface area contributed by atoms with Crippen molar-refractivity contribution in [2.45, 2.75) is 13.5 Å². The first-order chi connectivity index (χ1) is 13.5. The fourth-order valence-corrected chi connectivity index (χ4v) is 2.99. The fraction of sp³-hybridized carbons (Fsp3) is 0.143. The third kappa shape index (κ3) is 4.80. The number of furan rings is 1. The van der Waals surface area contributed by atoms with Crippen molar-refractivity contribution in [1.29, 1.82) is 0 Å². The number of aryl methyl sites for hydroxylation is 1. The van der Waals surface area contributed by atoms with E-state index >= 15 is 0 Å². The molecular weight excluding hydrogens is 426 g/mol. The lowest BCUT2D eigenvalue weighted by Crippen LogP contribution is -1.98. The van der Waals surface area contributed by atoms with Gasteiger partial charge < -0.3 is 19.0 Å². The molecule has 0 aliphatic rings. The van der Waals surface area contributed by atoms with Gasteiger partial charge in [-0.1, -0.05) is 15.9 Å². The lowest BCUT2D eigenvalue weighted by molar-refractivity contribution is 0.0658. The molecule has 0 amide bonds. The van der Waals surface area contributed by atoms with Gasteiger partial charge in [0.25, 0.3) is 0 Å². The smallest absolute Gasteiger partial charge is 0.371 e. The maximum atomic E-state index is 10.9. The molecule has 0 fully saturated rings. The van der Waals surface area contributed by atoms with Gasteiger partial charge in [-0.15, -0.1) is 0 Å². The first-order valence-corrected chi connectivity index (χ1v) is 9.18. The van der Waals surface area contributed by atoms with Crippen molar-refractivity contribution in [3.63, 3.8) is 0 Å². The lowest BCUT2D eigenvalue weighted by Gasteiger charge is -2.10. The summed E-state index contributed by atoms with van der Waals surface area (Å²) in [5.41, 5.74) is 2.81. The van der Waals surface area contributed by atoms with Crippen LogP contribution < -0.4 is 9.47 Å². The van der Waals surface area contributed by atoms with Crippen LogP contribution >= 0.6 is 15.9 Å². The van der Waals surface area contributed by atoms with Gasteiger partial charge in [0.15, 0.2) is 11.5 Å². The molecule has 0 unspecified atom stereocenters. The standard InChI is InChI=1S/C21H18BrNO5/c1-13-9-15(22)4-6-17(13)23-11-14-3-7-18(20(10-14)26-2)27-12-16-5-8-19(28-16)21(24)25/h3-11H,12H2,1-2H3,(H,24,25). The van der Waals surface area contributed by atoms with E-state index in [1.54, 1.807) is 25.5 Å². The van der Waals surface area contributed by atoms with Crippen molar-refractivity contribution in [1.82, 2.24) is 0 Å². The zero-order chi connectivity index (χ0) is 20.1. The third-order valence-corrected chi connectivity index (χ3v) is 4.43. The minimum atomic E-state index is -1.12. The second-order valence-electron chi connectivity index (χ2n) is 5.96. The number of ether oxygens (including phenoxy) is 2. The van der Waals surface area contributed by atoms with Crippen molar-refractivity contribution in [3.05, 3.63) is 75.7 Å². The van der Waals surface area contributed by atoms with E-state index < -0.39 is 5.97 Å². The molecule has 0 bridgehead atoms. The second kappa shape index (κ2) is 8.75. The number of benzene rings is 2. The number of methoxy groups -OCH3 is 1. The quantitative estimate of drug-likeness (QED) is 0.495. The molecule has 0 saturated heterocycles. The van der Waals surface area contributed by atoms with Gasteiger partial charge in [0.2, 0.25) is 5.76 Å². The zero-order valence-electron chi connectivity index (χ0n) is 15.3. The Bertz CT molecular complexity index is 1030. The minimum absolute atomic E-state index is 0.0924. The molecule has 0 aliphatic carbocycles. The summed E-state index contributed by atoms with van der Waals surface area (Å²) in [5.74, 6) is 0.235. The van der Waals surface area contributed by atoms with E-state index in [9.17, 15) is 4.79 Å². The molecule has 1 aromatic heterocycles. The summed E-state index contributed by atoms with van der Waals surface area (Å²) in [6.45, 7) is 2.09. The molecular formula is C21H18BrNO5. The van der Waals surface area contributed by atoms with Gasteiger partial charge in [0, 0.05) is 10.7 Å². The Labute approximate surface area is 170 Å². The van der Waals surface area contributed by atoms with E-state index in [2.05, 4.69) is 20.9 Å². The number of carboxylic acid groups (broad SMARTS) is 1. The Morgan fingerprint density at radius 3 is 2.68 bits per heavy atom. The summed E-state index contributed by atoms with van der Waals surface area (Å²) in [4.78, 5) is 15.4.